The van der Waals surface area contributed by atoms with Crippen molar-refractivity contribution in [3.05, 3.63) is 76.6 Å². The number of ether oxygens (including phenoxy) is 2. The third-order valence-electron chi connectivity index (χ3n) is 7.12. The Balaban J connectivity index is 1.56. The van der Waals surface area contributed by atoms with Crippen LogP contribution in [0.1, 0.15) is 66.1 Å². The smallest absolute Gasteiger partial charge is 0.343 e. The van der Waals surface area contributed by atoms with Crippen LogP contribution in [0.4, 0.5) is 0 Å². The van der Waals surface area contributed by atoms with E-state index in [2.05, 4.69) is 57.0 Å². The van der Waals surface area contributed by atoms with Gasteiger partial charge in [-0.3, -0.25) is 4.90 Å². The average molecular weight is 420 g/mol. The van der Waals surface area contributed by atoms with Crippen LogP contribution in [-0.4, -0.2) is 37.6 Å². The topological polar surface area (TPSA) is 38.8 Å². The molecule has 1 heterocycles. The number of allylic oxidation sites excluding steroid dienone is 1. The van der Waals surface area contributed by atoms with Crippen molar-refractivity contribution in [3.8, 4) is 5.75 Å². The molecule has 164 valence electrons. The van der Waals surface area contributed by atoms with Crippen LogP contribution in [0.3, 0.4) is 0 Å². The van der Waals surface area contributed by atoms with Crippen LogP contribution in [0.15, 0.2) is 54.3 Å². The summed E-state index contributed by atoms with van der Waals surface area (Å²) in [6.07, 6.45) is 5.02. The van der Waals surface area contributed by atoms with Crippen LogP contribution in [0.5, 0.6) is 5.75 Å². The first-order valence-corrected chi connectivity index (χ1v) is 11.2. The maximum atomic E-state index is 12.7. The number of carbonyl (C=O) groups is 1. The summed E-state index contributed by atoms with van der Waals surface area (Å²) in [6, 6.07) is 14.5. The van der Waals surface area contributed by atoms with Crippen molar-refractivity contribution in [2.24, 2.45) is 0 Å². The molecule has 0 amide bonds. The fraction of sp³-hybridized carbons (Fsp3) is 0.444. The number of likely N-dealkylation sites (N-methyl/N-ethyl adjacent to an activating group) is 1. The molecule has 1 aliphatic heterocycles. The van der Waals surface area contributed by atoms with Gasteiger partial charge >= 0.3 is 5.97 Å². The fourth-order valence-electron chi connectivity index (χ4n) is 5.16. The Labute approximate surface area is 185 Å². The lowest BCUT2D eigenvalue weighted by molar-refractivity contribution is 0.0593. The van der Waals surface area contributed by atoms with Crippen LogP contribution in [0, 0.1) is 6.92 Å². The van der Waals surface area contributed by atoms with Gasteiger partial charge in [0.15, 0.2) is 0 Å². The van der Waals surface area contributed by atoms with E-state index in [0.717, 1.165) is 42.9 Å². The number of methoxy groups -OCH3 is 1. The zero-order valence-electron chi connectivity index (χ0n) is 19.3. The number of nitrogens with zero attached hydrogens (tertiary/aromatic N) is 1. The molecule has 4 rings (SSSR count). The van der Waals surface area contributed by atoms with Gasteiger partial charge in [0.1, 0.15) is 11.5 Å². The quantitative estimate of drug-likeness (QED) is 0.591. The fourth-order valence-corrected chi connectivity index (χ4v) is 5.16. The second kappa shape index (κ2) is 8.51. The minimum absolute atomic E-state index is 0.0562. The Morgan fingerprint density at radius 3 is 2.52 bits per heavy atom. The predicted molar refractivity (Wildman–Crippen MR) is 124 cm³/mol. The molecule has 31 heavy (non-hydrogen) atoms. The van der Waals surface area contributed by atoms with Crippen molar-refractivity contribution in [3.63, 3.8) is 0 Å². The van der Waals surface area contributed by atoms with Gasteiger partial charge < -0.3 is 9.47 Å². The van der Waals surface area contributed by atoms with E-state index in [-0.39, 0.29) is 17.4 Å². The second-order valence-corrected chi connectivity index (χ2v) is 9.32. The number of hydrogen-bond donors (Lipinski definition) is 0. The van der Waals surface area contributed by atoms with Gasteiger partial charge in [0, 0.05) is 17.9 Å². The van der Waals surface area contributed by atoms with Crippen molar-refractivity contribution in [1.82, 2.24) is 4.90 Å². The van der Waals surface area contributed by atoms with Crippen LogP contribution in [-0.2, 0) is 10.2 Å². The van der Waals surface area contributed by atoms with E-state index >= 15 is 0 Å². The van der Waals surface area contributed by atoms with Crippen molar-refractivity contribution in [2.75, 3.05) is 20.7 Å². The van der Waals surface area contributed by atoms with Gasteiger partial charge in [-0.15, -0.1) is 0 Å². The maximum absolute atomic E-state index is 12.7. The highest BCUT2D eigenvalue weighted by Gasteiger charge is 2.48. The molecule has 1 aliphatic carbocycles. The summed E-state index contributed by atoms with van der Waals surface area (Å²) < 4.78 is 11.3. The van der Waals surface area contributed by atoms with E-state index in [1.807, 2.05) is 24.3 Å². The van der Waals surface area contributed by atoms with Crippen molar-refractivity contribution in [1.29, 1.82) is 0 Å². The first kappa shape index (κ1) is 21.6. The first-order chi connectivity index (χ1) is 14.8. The normalized spacial score (nSPS) is 23.4. The lowest BCUT2D eigenvalue weighted by Crippen LogP contribution is -2.42. The van der Waals surface area contributed by atoms with Gasteiger partial charge in [-0.05, 0) is 80.2 Å². The molecule has 1 fully saturated rings. The maximum Gasteiger partial charge on any atom is 0.343 e. The van der Waals surface area contributed by atoms with Gasteiger partial charge in [0.2, 0.25) is 0 Å². The summed E-state index contributed by atoms with van der Waals surface area (Å²) in [5.74, 6) is 1.89. The third kappa shape index (κ3) is 4.01. The minimum Gasteiger partial charge on any atom is -0.496 e. The lowest BCUT2D eigenvalue weighted by Gasteiger charge is -2.40. The lowest BCUT2D eigenvalue weighted by atomic mass is 9.68. The van der Waals surface area contributed by atoms with Crippen LogP contribution < -0.4 is 4.74 Å². The summed E-state index contributed by atoms with van der Waals surface area (Å²) in [5.41, 5.74) is 4.40. The molecule has 4 heteroatoms. The van der Waals surface area contributed by atoms with E-state index in [4.69, 9.17) is 9.47 Å². The highest BCUT2D eigenvalue weighted by Crippen LogP contribution is 2.48. The highest BCUT2D eigenvalue weighted by atomic mass is 16.5. The van der Waals surface area contributed by atoms with E-state index in [1.54, 1.807) is 7.11 Å². The number of carbonyl (C=O) groups excluding carboxylic acids is 1. The SMILES string of the molecule is COc1ccc([C@@]23CCC(OC(=O)c4ccc(C(C)C)cc4)=C[C@@H]2N(C)CC3)cc1C. The minimum atomic E-state index is -0.269. The number of fused-ring (bicyclic) bond motifs is 1. The standard InChI is InChI=1S/C27H33NO3/c1-18(2)20-6-8-21(9-7-20)26(29)31-23-12-13-27(14-15-28(4)25(27)17-23)22-10-11-24(30-5)19(3)16-22/h6-11,16-18,25H,12-15H2,1-5H3/t25-,27-/m0/s1. The van der Waals surface area contributed by atoms with Crippen LogP contribution in [0.2, 0.25) is 0 Å². The van der Waals surface area contributed by atoms with Crippen LogP contribution >= 0.6 is 0 Å². The Morgan fingerprint density at radius 2 is 1.87 bits per heavy atom. The largest absolute Gasteiger partial charge is 0.496 e. The molecule has 0 aromatic heterocycles. The molecule has 2 atom stereocenters. The van der Waals surface area contributed by atoms with Gasteiger partial charge in [-0.2, -0.15) is 0 Å². The van der Waals surface area contributed by atoms with Gasteiger partial charge in [0.25, 0.3) is 0 Å². The zero-order chi connectivity index (χ0) is 22.2. The molecule has 0 saturated carbocycles. The van der Waals surface area contributed by atoms with E-state index < -0.39 is 0 Å². The Kier molecular flexibility index (Phi) is 5.94. The molecule has 4 nitrogen and oxygen atoms in total. The predicted octanol–water partition coefficient (Wildman–Crippen LogP) is 5.60. The van der Waals surface area contributed by atoms with Crippen molar-refractivity contribution in [2.45, 2.75) is 57.4 Å². The van der Waals surface area contributed by atoms with Gasteiger partial charge in [-0.1, -0.05) is 38.1 Å². The zero-order valence-corrected chi connectivity index (χ0v) is 19.3. The summed E-state index contributed by atoms with van der Waals surface area (Å²) in [7, 11) is 3.88. The number of esters is 1. The van der Waals surface area contributed by atoms with E-state index in [1.165, 1.54) is 11.1 Å². The highest BCUT2D eigenvalue weighted by molar-refractivity contribution is 5.90. The number of hydrogen-bond acceptors (Lipinski definition) is 4. The molecule has 0 N–H and O–H groups in total. The van der Waals surface area contributed by atoms with Gasteiger partial charge in [0.05, 0.1) is 12.7 Å². The summed E-state index contributed by atoms with van der Waals surface area (Å²) in [6.45, 7) is 7.43. The molecule has 0 unspecified atom stereocenters. The second-order valence-electron chi connectivity index (χ2n) is 9.32. The molecule has 0 radical (unpaired) electrons. The Hall–Kier alpha value is -2.59. The number of aryl methyl sites for hydroxylation is 1. The molecule has 1 saturated heterocycles. The summed E-state index contributed by atoms with van der Waals surface area (Å²) >= 11 is 0. The molecule has 2 aromatic rings. The number of rotatable bonds is 5. The number of likely N-dealkylation sites (tertiary alicyclic amines) is 1. The molecular formula is C27H33NO3. The van der Waals surface area contributed by atoms with E-state index in [0.29, 0.717) is 11.5 Å². The Morgan fingerprint density at radius 1 is 1.13 bits per heavy atom. The van der Waals surface area contributed by atoms with Crippen molar-refractivity contribution < 1.29 is 14.3 Å². The van der Waals surface area contributed by atoms with Crippen molar-refractivity contribution >= 4 is 5.97 Å². The van der Waals surface area contributed by atoms with Crippen LogP contribution in [0.25, 0.3) is 0 Å². The average Bonchev–Trinajstić information content (AvgIpc) is 3.11. The molecule has 2 aromatic carbocycles. The Bertz CT molecular complexity index is 992. The first-order valence-electron chi connectivity index (χ1n) is 11.2. The summed E-state index contributed by atoms with van der Waals surface area (Å²) in [4.78, 5) is 15.1. The monoisotopic (exact) mass is 419 g/mol. The van der Waals surface area contributed by atoms with E-state index in [9.17, 15) is 4.79 Å². The molecule has 2 aliphatic rings. The third-order valence-corrected chi connectivity index (χ3v) is 7.12. The molecular weight excluding hydrogens is 386 g/mol. The molecule has 0 bridgehead atoms. The summed E-state index contributed by atoms with van der Waals surface area (Å²) in [5, 5.41) is 0. The molecule has 0 spiro atoms. The number of benzene rings is 2. The van der Waals surface area contributed by atoms with Gasteiger partial charge in [-0.25, -0.2) is 4.79 Å².